The molecule has 0 fully saturated rings. The van der Waals surface area contributed by atoms with Gasteiger partial charge in [0.2, 0.25) is 0 Å². The Bertz CT molecular complexity index is 881. The zero-order valence-corrected chi connectivity index (χ0v) is 12.0. The minimum Gasteiger partial charge on any atom is -0.383 e. The van der Waals surface area contributed by atoms with Crippen molar-refractivity contribution in [3.8, 4) is 22.4 Å². The van der Waals surface area contributed by atoms with E-state index in [2.05, 4.69) is 9.97 Å². The third-order valence-electron chi connectivity index (χ3n) is 3.41. The van der Waals surface area contributed by atoms with Crippen LogP contribution in [0.15, 0.2) is 54.9 Å². The van der Waals surface area contributed by atoms with E-state index in [1.54, 1.807) is 42.7 Å². The Kier molecular flexibility index (Phi) is 3.72. The Morgan fingerprint density at radius 2 is 1.78 bits per heavy atom. The molecule has 3 rings (SSSR count). The van der Waals surface area contributed by atoms with E-state index in [9.17, 15) is 9.18 Å². The number of nitrogen functional groups attached to an aromatic ring is 1. The smallest absolute Gasteiger partial charge is 0.252 e. The van der Waals surface area contributed by atoms with Crippen LogP contribution in [0.5, 0.6) is 0 Å². The molecule has 0 atom stereocenters. The number of hydrogen-bond acceptors (Lipinski definition) is 4. The van der Waals surface area contributed by atoms with Gasteiger partial charge >= 0.3 is 0 Å². The zero-order chi connectivity index (χ0) is 16.4. The van der Waals surface area contributed by atoms with Crippen LogP contribution < -0.4 is 11.5 Å². The molecule has 6 heteroatoms. The molecule has 114 valence electrons. The Balaban J connectivity index is 2.30. The predicted molar refractivity (Wildman–Crippen MR) is 85.8 cm³/mol. The lowest BCUT2D eigenvalue weighted by molar-refractivity contribution is 0.100. The van der Waals surface area contributed by atoms with E-state index in [4.69, 9.17) is 11.5 Å². The van der Waals surface area contributed by atoms with Crippen molar-refractivity contribution in [2.24, 2.45) is 5.73 Å². The number of pyridine rings is 2. The molecular weight excluding hydrogens is 295 g/mol. The van der Waals surface area contributed by atoms with Crippen LogP contribution in [-0.4, -0.2) is 15.9 Å². The Labute approximate surface area is 131 Å². The minimum absolute atomic E-state index is 0.00886. The number of benzene rings is 1. The molecule has 5 nitrogen and oxygen atoms in total. The van der Waals surface area contributed by atoms with Gasteiger partial charge in [0.1, 0.15) is 11.6 Å². The summed E-state index contributed by atoms with van der Waals surface area (Å²) in [4.78, 5) is 19.8. The molecule has 0 saturated carbocycles. The van der Waals surface area contributed by atoms with Gasteiger partial charge in [-0.15, -0.1) is 0 Å². The summed E-state index contributed by atoms with van der Waals surface area (Å²) < 4.78 is 13.6. The molecule has 0 bridgehead atoms. The highest BCUT2D eigenvalue weighted by Crippen LogP contribution is 2.33. The number of carbonyl (C=O) groups excluding carboxylic acids is 1. The molecule has 0 saturated heterocycles. The van der Waals surface area contributed by atoms with E-state index in [0.717, 1.165) is 5.56 Å². The number of primary amides is 1. The summed E-state index contributed by atoms with van der Waals surface area (Å²) in [5.74, 6) is -1.05. The van der Waals surface area contributed by atoms with Crippen LogP contribution in [0.3, 0.4) is 0 Å². The third kappa shape index (κ3) is 2.87. The minimum atomic E-state index is -0.670. The van der Waals surface area contributed by atoms with Crippen molar-refractivity contribution in [3.05, 3.63) is 66.2 Å². The van der Waals surface area contributed by atoms with E-state index in [1.807, 2.05) is 0 Å². The van der Waals surface area contributed by atoms with Crippen LogP contribution in [0.4, 0.5) is 10.2 Å². The van der Waals surface area contributed by atoms with Crippen molar-refractivity contribution < 1.29 is 9.18 Å². The lowest BCUT2D eigenvalue weighted by Gasteiger charge is -2.12. The van der Waals surface area contributed by atoms with Crippen LogP contribution in [0, 0.1) is 5.82 Å². The maximum Gasteiger partial charge on any atom is 0.252 e. The Morgan fingerprint density at radius 3 is 2.43 bits per heavy atom. The van der Waals surface area contributed by atoms with Crippen molar-refractivity contribution in [3.63, 3.8) is 0 Å². The first kappa shape index (κ1) is 14.6. The van der Waals surface area contributed by atoms with Crippen molar-refractivity contribution in [1.82, 2.24) is 9.97 Å². The molecule has 1 amide bonds. The van der Waals surface area contributed by atoms with Crippen LogP contribution in [0.1, 0.15) is 10.4 Å². The second-order valence-electron chi connectivity index (χ2n) is 4.93. The zero-order valence-electron chi connectivity index (χ0n) is 12.0. The molecule has 0 radical (unpaired) electrons. The number of aromatic nitrogens is 2. The summed E-state index contributed by atoms with van der Waals surface area (Å²) in [6.45, 7) is 0. The molecule has 2 aromatic heterocycles. The van der Waals surface area contributed by atoms with Crippen LogP contribution in [0.2, 0.25) is 0 Å². The van der Waals surface area contributed by atoms with Gasteiger partial charge in [0.05, 0.1) is 11.3 Å². The molecule has 4 N–H and O–H groups in total. The third-order valence-corrected chi connectivity index (χ3v) is 3.41. The highest BCUT2D eigenvalue weighted by atomic mass is 19.1. The quantitative estimate of drug-likeness (QED) is 0.777. The van der Waals surface area contributed by atoms with Gasteiger partial charge in [-0.3, -0.25) is 9.78 Å². The van der Waals surface area contributed by atoms with Crippen molar-refractivity contribution in [2.45, 2.75) is 0 Å². The van der Waals surface area contributed by atoms with E-state index in [-0.39, 0.29) is 17.2 Å². The molecule has 0 aliphatic carbocycles. The Morgan fingerprint density at radius 1 is 1.04 bits per heavy atom. The molecular formula is C17H13FN4O. The van der Waals surface area contributed by atoms with E-state index in [0.29, 0.717) is 16.8 Å². The molecule has 3 aromatic rings. The van der Waals surface area contributed by atoms with Gasteiger partial charge < -0.3 is 11.5 Å². The summed E-state index contributed by atoms with van der Waals surface area (Å²) in [5.41, 5.74) is 13.7. The van der Waals surface area contributed by atoms with E-state index >= 15 is 0 Å². The first-order chi connectivity index (χ1) is 11.1. The van der Waals surface area contributed by atoms with E-state index in [1.165, 1.54) is 12.1 Å². The number of nitrogens with two attached hydrogens (primary N) is 2. The molecule has 0 aliphatic rings. The first-order valence-corrected chi connectivity index (χ1v) is 6.83. The lowest BCUT2D eigenvalue weighted by atomic mass is 9.98. The number of amides is 1. The second-order valence-corrected chi connectivity index (χ2v) is 4.93. The summed E-state index contributed by atoms with van der Waals surface area (Å²) in [7, 11) is 0. The van der Waals surface area contributed by atoms with Crippen molar-refractivity contribution >= 4 is 11.7 Å². The van der Waals surface area contributed by atoms with Gasteiger partial charge in [0.25, 0.3) is 5.91 Å². The molecule has 0 aliphatic heterocycles. The Hall–Kier alpha value is -3.28. The number of carbonyl (C=O) groups is 1. The SMILES string of the molecule is NC(=O)c1cc(-c2ccncc2)c(-c2cccc(F)c2)nc1N. The molecule has 0 unspecified atom stereocenters. The van der Waals surface area contributed by atoms with Crippen LogP contribution >= 0.6 is 0 Å². The highest BCUT2D eigenvalue weighted by Gasteiger charge is 2.16. The summed E-state index contributed by atoms with van der Waals surface area (Å²) >= 11 is 0. The van der Waals surface area contributed by atoms with Crippen molar-refractivity contribution in [2.75, 3.05) is 5.73 Å². The van der Waals surface area contributed by atoms with Gasteiger partial charge in [-0.2, -0.15) is 0 Å². The van der Waals surface area contributed by atoms with Crippen LogP contribution in [0.25, 0.3) is 22.4 Å². The molecule has 2 heterocycles. The highest BCUT2D eigenvalue weighted by molar-refractivity contribution is 6.00. The first-order valence-electron chi connectivity index (χ1n) is 6.83. The van der Waals surface area contributed by atoms with Crippen molar-refractivity contribution in [1.29, 1.82) is 0 Å². The summed E-state index contributed by atoms with van der Waals surface area (Å²) in [5, 5.41) is 0. The normalized spacial score (nSPS) is 10.5. The van der Waals surface area contributed by atoms with Crippen LogP contribution in [-0.2, 0) is 0 Å². The second kappa shape index (κ2) is 5.84. The summed E-state index contributed by atoms with van der Waals surface area (Å²) in [6.07, 6.45) is 3.23. The maximum absolute atomic E-state index is 13.6. The maximum atomic E-state index is 13.6. The van der Waals surface area contributed by atoms with Gasteiger partial charge in [0, 0.05) is 23.5 Å². The number of hydrogen-bond donors (Lipinski definition) is 2. The van der Waals surface area contributed by atoms with Gasteiger partial charge in [-0.05, 0) is 35.9 Å². The monoisotopic (exact) mass is 308 g/mol. The predicted octanol–water partition coefficient (Wildman–Crippen LogP) is 2.63. The largest absolute Gasteiger partial charge is 0.383 e. The van der Waals surface area contributed by atoms with Gasteiger partial charge in [0.15, 0.2) is 0 Å². The molecule has 1 aromatic carbocycles. The fourth-order valence-electron chi connectivity index (χ4n) is 2.33. The van der Waals surface area contributed by atoms with Gasteiger partial charge in [-0.1, -0.05) is 12.1 Å². The number of rotatable bonds is 3. The molecule has 0 spiro atoms. The summed E-state index contributed by atoms with van der Waals surface area (Å²) in [6, 6.07) is 11.1. The average Bonchev–Trinajstić information content (AvgIpc) is 2.55. The fourth-order valence-corrected chi connectivity index (χ4v) is 2.33. The number of anilines is 1. The van der Waals surface area contributed by atoms with E-state index < -0.39 is 5.91 Å². The number of halogens is 1. The molecule has 23 heavy (non-hydrogen) atoms. The topological polar surface area (TPSA) is 94.9 Å². The fraction of sp³-hybridized carbons (Fsp3) is 0. The average molecular weight is 308 g/mol. The number of nitrogens with zero attached hydrogens (tertiary/aromatic N) is 2. The lowest BCUT2D eigenvalue weighted by Crippen LogP contribution is -2.15. The van der Waals surface area contributed by atoms with Gasteiger partial charge in [-0.25, -0.2) is 9.37 Å². The standard InChI is InChI=1S/C17H13FN4O/c18-12-3-1-2-11(8-12)15-13(10-4-6-21-7-5-10)9-14(17(20)23)16(19)22-15/h1-9H,(H2,19,22)(H2,20,23).